The van der Waals surface area contributed by atoms with Crippen LogP contribution in [0.2, 0.25) is 0 Å². The predicted octanol–water partition coefficient (Wildman–Crippen LogP) is 5.28. The molecule has 0 bridgehead atoms. The van der Waals surface area contributed by atoms with Crippen LogP contribution in [-0.4, -0.2) is 72.6 Å². The van der Waals surface area contributed by atoms with E-state index in [4.69, 9.17) is 23.9 Å². The molecule has 3 aliphatic rings. The number of benzene rings is 2. The van der Waals surface area contributed by atoms with Crippen LogP contribution in [0.25, 0.3) is 32.9 Å². The highest BCUT2D eigenvalue weighted by Crippen LogP contribution is 2.38. The van der Waals surface area contributed by atoms with Crippen molar-refractivity contribution in [3.63, 3.8) is 0 Å². The molecule has 0 aliphatic carbocycles. The quantitative estimate of drug-likeness (QED) is 0.282. The molecule has 5 heterocycles. The maximum Gasteiger partial charge on any atom is 0.324 e. The van der Waals surface area contributed by atoms with Gasteiger partial charge < -0.3 is 28.7 Å². The van der Waals surface area contributed by atoms with Crippen molar-refractivity contribution in [3.8, 4) is 23.0 Å². The van der Waals surface area contributed by atoms with E-state index in [-0.39, 0.29) is 30.1 Å². The van der Waals surface area contributed by atoms with Crippen LogP contribution in [0.3, 0.4) is 0 Å². The normalized spacial score (nSPS) is 19.0. The number of rotatable bonds is 7. The molecule has 2 aromatic heterocycles. The number of allylic oxidation sites excluding steroid dienone is 1. The molecule has 0 spiro atoms. The largest absolute Gasteiger partial charge is 0.468 e. The first kappa shape index (κ1) is 25.9. The first-order valence-electron chi connectivity index (χ1n) is 14.1. The summed E-state index contributed by atoms with van der Waals surface area (Å²) in [6, 6.07) is 11.6. The summed E-state index contributed by atoms with van der Waals surface area (Å²) in [5, 5.41) is 2.30. The second-order valence-electron chi connectivity index (χ2n) is 10.7. The van der Waals surface area contributed by atoms with Gasteiger partial charge in [-0.15, -0.1) is 0 Å². The van der Waals surface area contributed by atoms with Crippen molar-refractivity contribution in [1.82, 2.24) is 19.9 Å². The number of anilines is 1. The number of hydrogen-bond donors (Lipinski definition) is 0. The SMILES string of the molecule is COCOc1cc(-c2ncc3c(N4CCOC(C)C4)nc(OC4=C5CCCN5CC4)nc3c2F)c2ccccc2c1. The Balaban J connectivity index is 1.39. The molecular formula is C31H32FN5O4. The molecule has 1 atom stereocenters. The molecule has 9 nitrogen and oxygen atoms in total. The van der Waals surface area contributed by atoms with Crippen LogP contribution in [-0.2, 0) is 9.47 Å². The lowest BCUT2D eigenvalue weighted by atomic mass is 10.00. The number of pyridine rings is 1. The Kier molecular flexibility index (Phi) is 6.80. The molecule has 0 saturated carbocycles. The minimum atomic E-state index is -0.530. The Hall–Kier alpha value is -4.02. The number of nitrogens with zero attached hydrogens (tertiary/aromatic N) is 5. The highest BCUT2D eigenvalue weighted by molar-refractivity contribution is 6.00. The third-order valence-corrected chi connectivity index (χ3v) is 7.99. The van der Waals surface area contributed by atoms with Crippen molar-refractivity contribution in [2.75, 3.05) is 51.6 Å². The van der Waals surface area contributed by atoms with E-state index in [1.807, 2.05) is 37.3 Å². The van der Waals surface area contributed by atoms with Gasteiger partial charge in [-0.1, -0.05) is 24.3 Å². The first-order chi connectivity index (χ1) is 20.1. The van der Waals surface area contributed by atoms with Gasteiger partial charge in [0.1, 0.15) is 28.5 Å². The average Bonchev–Trinajstić information content (AvgIpc) is 3.61. The minimum absolute atomic E-state index is 0.0169. The average molecular weight is 558 g/mol. The molecule has 0 amide bonds. The zero-order chi connectivity index (χ0) is 27.9. The van der Waals surface area contributed by atoms with Crippen molar-refractivity contribution in [3.05, 3.63) is 59.9 Å². The van der Waals surface area contributed by atoms with E-state index in [0.29, 0.717) is 42.2 Å². The number of ether oxygens (including phenoxy) is 4. The highest BCUT2D eigenvalue weighted by atomic mass is 19.1. The Morgan fingerprint density at radius 3 is 2.83 bits per heavy atom. The van der Waals surface area contributed by atoms with Gasteiger partial charge in [-0.2, -0.15) is 9.97 Å². The number of halogens is 1. The molecule has 1 unspecified atom stereocenters. The number of hydrogen-bond acceptors (Lipinski definition) is 9. The molecule has 2 aromatic carbocycles. The number of methoxy groups -OCH3 is 1. The first-order valence-corrected chi connectivity index (χ1v) is 14.1. The van der Waals surface area contributed by atoms with Crippen molar-refractivity contribution in [1.29, 1.82) is 0 Å². The van der Waals surface area contributed by atoms with E-state index < -0.39 is 5.82 Å². The van der Waals surface area contributed by atoms with Crippen LogP contribution < -0.4 is 14.4 Å². The van der Waals surface area contributed by atoms with Gasteiger partial charge in [0.05, 0.1) is 23.8 Å². The van der Waals surface area contributed by atoms with Crippen molar-refractivity contribution < 1.29 is 23.3 Å². The molecule has 10 heteroatoms. The molecule has 0 N–H and O–H groups in total. The second kappa shape index (κ2) is 10.8. The summed E-state index contributed by atoms with van der Waals surface area (Å²) >= 11 is 0. The Bertz CT molecular complexity index is 1660. The Morgan fingerprint density at radius 2 is 1.95 bits per heavy atom. The van der Waals surface area contributed by atoms with Crippen LogP contribution in [0, 0.1) is 5.82 Å². The van der Waals surface area contributed by atoms with E-state index in [2.05, 4.69) is 19.8 Å². The topological polar surface area (TPSA) is 82.1 Å². The lowest BCUT2D eigenvalue weighted by Gasteiger charge is -2.32. The molecule has 7 rings (SSSR count). The summed E-state index contributed by atoms with van der Waals surface area (Å²) in [4.78, 5) is 18.6. The molecule has 212 valence electrons. The van der Waals surface area contributed by atoms with Gasteiger partial charge in [0.25, 0.3) is 0 Å². The zero-order valence-electron chi connectivity index (χ0n) is 23.2. The molecular weight excluding hydrogens is 525 g/mol. The highest BCUT2D eigenvalue weighted by Gasteiger charge is 2.30. The van der Waals surface area contributed by atoms with Crippen LogP contribution in [0.5, 0.6) is 11.8 Å². The van der Waals surface area contributed by atoms with E-state index in [1.54, 1.807) is 19.4 Å². The second-order valence-corrected chi connectivity index (χ2v) is 10.7. The summed E-state index contributed by atoms with van der Waals surface area (Å²) in [5.41, 5.74) is 2.18. The van der Waals surface area contributed by atoms with E-state index in [1.165, 1.54) is 5.70 Å². The monoisotopic (exact) mass is 557 g/mol. The summed E-state index contributed by atoms with van der Waals surface area (Å²) in [7, 11) is 1.56. The fourth-order valence-electron chi connectivity index (χ4n) is 6.09. The molecule has 41 heavy (non-hydrogen) atoms. The maximum atomic E-state index is 16.7. The summed E-state index contributed by atoms with van der Waals surface area (Å²) in [6.07, 6.45) is 4.57. The molecule has 2 fully saturated rings. The van der Waals surface area contributed by atoms with Gasteiger partial charge in [0, 0.05) is 51.5 Å². The summed E-state index contributed by atoms with van der Waals surface area (Å²) < 4.78 is 39.6. The molecule has 4 aromatic rings. The molecule has 2 saturated heterocycles. The fraction of sp³-hybridized carbons (Fsp3) is 0.387. The van der Waals surface area contributed by atoms with Gasteiger partial charge in [-0.05, 0) is 42.7 Å². The lowest BCUT2D eigenvalue weighted by molar-refractivity contribution is 0.0512. The number of aromatic nitrogens is 3. The van der Waals surface area contributed by atoms with E-state index in [0.717, 1.165) is 48.9 Å². The number of fused-ring (bicyclic) bond motifs is 3. The summed E-state index contributed by atoms with van der Waals surface area (Å²) in [6.45, 7) is 5.89. The van der Waals surface area contributed by atoms with Crippen LogP contribution >= 0.6 is 0 Å². The Labute approximate surface area is 237 Å². The minimum Gasteiger partial charge on any atom is -0.468 e. The standard InChI is InChI=1S/C31H32FN5O4/c1-19-17-37(12-13-39-19)30-24-16-33-28(23-15-21(40-18-38-2)14-20-6-3-4-7-22(20)23)27(32)29(24)34-31(35-30)41-26-9-11-36-10-5-8-25(26)36/h3-4,6-7,14-16,19H,5,8-13,17-18H2,1-2H3. The van der Waals surface area contributed by atoms with Gasteiger partial charge in [0.15, 0.2) is 12.6 Å². The fourth-order valence-corrected chi connectivity index (χ4v) is 6.09. The number of morpholine rings is 1. The smallest absolute Gasteiger partial charge is 0.324 e. The third kappa shape index (κ3) is 4.81. The van der Waals surface area contributed by atoms with Crippen LogP contribution in [0.4, 0.5) is 10.2 Å². The van der Waals surface area contributed by atoms with E-state index >= 15 is 4.39 Å². The Morgan fingerprint density at radius 1 is 1.05 bits per heavy atom. The van der Waals surface area contributed by atoms with Crippen molar-refractivity contribution in [2.45, 2.75) is 32.3 Å². The predicted molar refractivity (Wildman–Crippen MR) is 153 cm³/mol. The maximum absolute atomic E-state index is 16.7. The van der Waals surface area contributed by atoms with Gasteiger partial charge in [-0.3, -0.25) is 4.98 Å². The summed E-state index contributed by atoms with van der Waals surface area (Å²) in [5.74, 6) is 1.52. The molecule has 3 aliphatic heterocycles. The van der Waals surface area contributed by atoms with Crippen molar-refractivity contribution in [2.24, 2.45) is 0 Å². The van der Waals surface area contributed by atoms with Gasteiger partial charge >= 0.3 is 6.01 Å². The van der Waals surface area contributed by atoms with Gasteiger partial charge in [0.2, 0.25) is 0 Å². The third-order valence-electron chi connectivity index (χ3n) is 7.99. The van der Waals surface area contributed by atoms with Gasteiger partial charge in [-0.25, -0.2) is 4.39 Å². The van der Waals surface area contributed by atoms with Crippen molar-refractivity contribution >= 4 is 27.5 Å². The van der Waals surface area contributed by atoms with Crippen LogP contribution in [0.15, 0.2) is 54.1 Å². The molecule has 0 radical (unpaired) electrons. The zero-order valence-corrected chi connectivity index (χ0v) is 23.2. The van der Waals surface area contributed by atoms with Crippen LogP contribution in [0.1, 0.15) is 26.2 Å². The lowest BCUT2D eigenvalue weighted by Crippen LogP contribution is -2.41. The van der Waals surface area contributed by atoms with E-state index in [9.17, 15) is 0 Å².